The van der Waals surface area contributed by atoms with Gasteiger partial charge in [0.2, 0.25) is 0 Å². The summed E-state index contributed by atoms with van der Waals surface area (Å²) >= 11 is 0. The molecule has 0 spiro atoms. The molecular weight excluding hydrogens is 230 g/mol. The zero-order chi connectivity index (χ0) is 13.0. The van der Waals surface area contributed by atoms with Crippen LogP contribution in [0.2, 0.25) is 0 Å². The monoisotopic (exact) mass is 245 g/mol. The Kier molecular flexibility index (Phi) is 3.74. The van der Waals surface area contributed by atoms with Crippen molar-refractivity contribution in [2.24, 2.45) is 0 Å². The summed E-state index contributed by atoms with van der Waals surface area (Å²) < 4.78 is 6.83. The van der Waals surface area contributed by atoms with Crippen LogP contribution in [0.5, 0.6) is 0 Å². The third-order valence-corrected chi connectivity index (χ3v) is 2.66. The molecule has 5 nitrogen and oxygen atoms in total. The maximum Gasteiger partial charge on any atom is 0.253 e. The molecule has 1 aromatic carbocycles. The first-order chi connectivity index (χ1) is 8.70. The Balaban J connectivity index is 2.06. The number of hydrogen-bond acceptors (Lipinski definition) is 3. The summed E-state index contributed by atoms with van der Waals surface area (Å²) in [5.41, 5.74) is 1.73. The molecular formula is C13H15N3O2. The zero-order valence-electron chi connectivity index (χ0n) is 10.3. The molecule has 1 atom stereocenters. The van der Waals surface area contributed by atoms with E-state index in [0.29, 0.717) is 0 Å². The molecule has 0 fully saturated rings. The lowest BCUT2D eigenvalue weighted by Gasteiger charge is -2.11. The Bertz CT molecular complexity index is 506. The number of amides is 1. The molecule has 0 aliphatic heterocycles. The maximum absolute atomic E-state index is 11.6. The molecule has 1 heterocycles. The minimum absolute atomic E-state index is 0.159. The van der Waals surface area contributed by atoms with Gasteiger partial charge in [0, 0.05) is 30.9 Å². The van der Waals surface area contributed by atoms with Gasteiger partial charge in [-0.2, -0.15) is 0 Å². The molecule has 0 aliphatic carbocycles. The molecule has 1 N–H and O–H groups in total. The molecule has 0 saturated carbocycles. The number of nitrogens with one attached hydrogen (secondary N) is 1. The number of carbonyl (C=O) groups is 1. The van der Waals surface area contributed by atoms with Gasteiger partial charge >= 0.3 is 0 Å². The highest BCUT2D eigenvalue weighted by Crippen LogP contribution is 2.13. The van der Waals surface area contributed by atoms with Crippen LogP contribution in [0.4, 0.5) is 5.69 Å². The van der Waals surface area contributed by atoms with Crippen molar-refractivity contribution in [1.82, 2.24) is 9.55 Å². The average molecular weight is 245 g/mol. The molecule has 0 bridgehead atoms. The first-order valence-corrected chi connectivity index (χ1v) is 5.63. The van der Waals surface area contributed by atoms with Crippen LogP contribution in [-0.4, -0.2) is 28.7 Å². The van der Waals surface area contributed by atoms with Crippen LogP contribution in [0.3, 0.4) is 0 Å². The normalized spacial score (nSPS) is 12.1. The zero-order valence-corrected chi connectivity index (χ0v) is 10.3. The molecule has 0 saturated heterocycles. The lowest BCUT2D eigenvalue weighted by Crippen LogP contribution is -2.26. The third-order valence-electron chi connectivity index (χ3n) is 2.66. The van der Waals surface area contributed by atoms with Crippen molar-refractivity contribution in [3.63, 3.8) is 0 Å². The van der Waals surface area contributed by atoms with E-state index in [1.165, 1.54) is 7.11 Å². The first kappa shape index (κ1) is 12.3. The fourth-order valence-electron chi connectivity index (χ4n) is 1.48. The highest BCUT2D eigenvalue weighted by molar-refractivity contribution is 5.93. The molecule has 1 aromatic heterocycles. The number of nitrogens with zero attached hydrogens (tertiary/aromatic N) is 2. The number of rotatable bonds is 4. The highest BCUT2D eigenvalue weighted by Gasteiger charge is 2.11. The van der Waals surface area contributed by atoms with Crippen molar-refractivity contribution in [2.75, 3.05) is 12.4 Å². The topological polar surface area (TPSA) is 56.1 Å². The largest absolute Gasteiger partial charge is 0.372 e. The van der Waals surface area contributed by atoms with Gasteiger partial charge in [-0.25, -0.2) is 4.98 Å². The molecule has 0 aliphatic rings. The number of carbonyl (C=O) groups excluding carboxylic acids is 1. The van der Waals surface area contributed by atoms with Crippen molar-refractivity contribution < 1.29 is 9.53 Å². The van der Waals surface area contributed by atoms with Crippen LogP contribution >= 0.6 is 0 Å². The van der Waals surface area contributed by atoms with E-state index in [4.69, 9.17) is 4.74 Å². The predicted molar refractivity (Wildman–Crippen MR) is 68.7 cm³/mol. The van der Waals surface area contributed by atoms with Crippen LogP contribution in [-0.2, 0) is 9.53 Å². The smallest absolute Gasteiger partial charge is 0.253 e. The Morgan fingerprint density at radius 2 is 2.11 bits per heavy atom. The van der Waals surface area contributed by atoms with Gasteiger partial charge < -0.3 is 14.6 Å². The van der Waals surface area contributed by atoms with E-state index in [2.05, 4.69) is 10.3 Å². The number of ether oxygens (including phenoxy) is 1. The van der Waals surface area contributed by atoms with E-state index < -0.39 is 6.10 Å². The SMILES string of the molecule is COC(C)C(=O)Nc1ccc(-n2ccnc2)cc1. The van der Waals surface area contributed by atoms with Crippen molar-refractivity contribution in [1.29, 1.82) is 0 Å². The highest BCUT2D eigenvalue weighted by atomic mass is 16.5. The molecule has 2 aromatic rings. The molecule has 0 radical (unpaired) electrons. The second-order valence-electron chi connectivity index (χ2n) is 3.88. The van der Waals surface area contributed by atoms with Crippen molar-refractivity contribution in [2.45, 2.75) is 13.0 Å². The molecule has 94 valence electrons. The standard InChI is InChI=1S/C13H15N3O2/c1-10(18-2)13(17)15-11-3-5-12(6-4-11)16-8-7-14-9-16/h3-10H,1-2H3,(H,15,17). The number of benzene rings is 1. The van der Waals surface area contributed by atoms with E-state index >= 15 is 0 Å². The van der Waals surface area contributed by atoms with Gasteiger partial charge in [-0.05, 0) is 31.2 Å². The van der Waals surface area contributed by atoms with E-state index in [0.717, 1.165) is 11.4 Å². The number of aromatic nitrogens is 2. The van der Waals surface area contributed by atoms with Crippen molar-refractivity contribution in [3.05, 3.63) is 43.0 Å². The van der Waals surface area contributed by atoms with Crippen LogP contribution in [0.1, 0.15) is 6.92 Å². The van der Waals surface area contributed by atoms with Gasteiger partial charge in [0.1, 0.15) is 6.10 Å². The Morgan fingerprint density at radius 3 is 2.67 bits per heavy atom. The molecule has 2 rings (SSSR count). The van der Waals surface area contributed by atoms with E-state index in [9.17, 15) is 4.79 Å². The predicted octanol–water partition coefficient (Wildman–Crippen LogP) is 1.85. The molecule has 1 unspecified atom stereocenters. The van der Waals surface area contributed by atoms with Gasteiger partial charge in [-0.3, -0.25) is 4.79 Å². The quantitative estimate of drug-likeness (QED) is 0.894. The van der Waals surface area contributed by atoms with Crippen molar-refractivity contribution in [3.8, 4) is 5.69 Å². The fourth-order valence-corrected chi connectivity index (χ4v) is 1.48. The van der Waals surface area contributed by atoms with Gasteiger partial charge in [0.25, 0.3) is 5.91 Å². The summed E-state index contributed by atoms with van der Waals surface area (Å²) in [6.45, 7) is 1.70. The minimum Gasteiger partial charge on any atom is -0.372 e. The number of methoxy groups -OCH3 is 1. The number of hydrogen-bond donors (Lipinski definition) is 1. The van der Waals surface area contributed by atoms with Crippen molar-refractivity contribution >= 4 is 11.6 Å². The second kappa shape index (κ2) is 5.46. The fraction of sp³-hybridized carbons (Fsp3) is 0.231. The third kappa shape index (κ3) is 2.75. The van der Waals surface area contributed by atoms with E-state index in [-0.39, 0.29) is 5.91 Å². The molecule has 5 heteroatoms. The summed E-state index contributed by atoms with van der Waals surface area (Å²) in [6, 6.07) is 7.51. The van der Waals surface area contributed by atoms with E-state index in [1.807, 2.05) is 35.0 Å². The number of imidazole rings is 1. The average Bonchev–Trinajstić information content (AvgIpc) is 2.92. The number of anilines is 1. The van der Waals surface area contributed by atoms with Gasteiger partial charge in [-0.1, -0.05) is 0 Å². The summed E-state index contributed by atoms with van der Waals surface area (Å²) in [5, 5.41) is 2.78. The Labute approximate surface area is 105 Å². The minimum atomic E-state index is -0.460. The summed E-state index contributed by atoms with van der Waals surface area (Å²) in [6.07, 6.45) is 4.84. The lowest BCUT2D eigenvalue weighted by molar-refractivity contribution is -0.124. The maximum atomic E-state index is 11.6. The van der Waals surface area contributed by atoms with Crippen LogP contribution < -0.4 is 5.32 Å². The summed E-state index contributed by atoms with van der Waals surface area (Å²) in [5.74, 6) is -0.159. The first-order valence-electron chi connectivity index (χ1n) is 5.63. The second-order valence-corrected chi connectivity index (χ2v) is 3.88. The van der Waals surface area contributed by atoms with Gasteiger partial charge in [-0.15, -0.1) is 0 Å². The molecule has 18 heavy (non-hydrogen) atoms. The Hall–Kier alpha value is -2.14. The Morgan fingerprint density at radius 1 is 1.39 bits per heavy atom. The van der Waals surface area contributed by atoms with E-state index in [1.54, 1.807) is 19.4 Å². The van der Waals surface area contributed by atoms with Gasteiger partial charge in [0.15, 0.2) is 0 Å². The summed E-state index contributed by atoms with van der Waals surface area (Å²) in [7, 11) is 1.51. The van der Waals surface area contributed by atoms with Crippen LogP contribution in [0, 0.1) is 0 Å². The lowest BCUT2D eigenvalue weighted by atomic mass is 10.2. The van der Waals surface area contributed by atoms with Crippen LogP contribution in [0.25, 0.3) is 5.69 Å². The van der Waals surface area contributed by atoms with Gasteiger partial charge in [0.05, 0.1) is 6.33 Å². The van der Waals surface area contributed by atoms with Crippen LogP contribution in [0.15, 0.2) is 43.0 Å². The summed E-state index contributed by atoms with van der Waals surface area (Å²) in [4.78, 5) is 15.6. The molecule has 1 amide bonds.